The molecule has 3 N–H and O–H groups in total. The molecule has 1 aliphatic carbocycles. The number of nitrogens with two attached hydrogens (primary N) is 1. The molecule has 1 saturated heterocycles. The normalized spacial score (nSPS) is 22.6. The van der Waals surface area contributed by atoms with Gasteiger partial charge < -0.3 is 25.1 Å². The van der Waals surface area contributed by atoms with Crippen LogP contribution < -0.4 is 16.5 Å². The van der Waals surface area contributed by atoms with Gasteiger partial charge in [0.25, 0.3) is 5.91 Å². The Hall–Kier alpha value is -3.36. The molecule has 0 bridgehead atoms. The highest BCUT2D eigenvalue weighted by Gasteiger charge is 2.52. The largest absolute Gasteiger partial charge is 0.495 e. The highest BCUT2D eigenvalue weighted by atomic mass is 16.7. The molecule has 1 saturated carbocycles. The van der Waals surface area contributed by atoms with Gasteiger partial charge in [-0.2, -0.15) is 10.4 Å². The third kappa shape index (κ3) is 4.51. The van der Waals surface area contributed by atoms with Crippen molar-refractivity contribution >= 4 is 36.0 Å². The Kier molecular flexibility index (Phi) is 6.38. The molecule has 0 spiro atoms. The lowest BCUT2D eigenvalue weighted by Crippen LogP contribution is -2.41. The van der Waals surface area contributed by atoms with E-state index < -0.39 is 30.2 Å². The molecule has 2 atom stereocenters. The van der Waals surface area contributed by atoms with Gasteiger partial charge in [0.05, 0.1) is 41.9 Å². The van der Waals surface area contributed by atoms with Crippen LogP contribution in [0.3, 0.4) is 0 Å². The van der Waals surface area contributed by atoms with Crippen LogP contribution >= 0.6 is 0 Å². The molecule has 1 aromatic carbocycles. The average molecular weight is 479 g/mol. The Morgan fingerprint density at radius 1 is 1.23 bits per heavy atom. The van der Waals surface area contributed by atoms with Crippen molar-refractivity contribution < 1.29 is 23.6 Å². The maximum Gasteiger partial charge on any atom is 0.495 e. The number of amides is 1. The zero-order valence-corrected chi connectivity index (χ0v) is 20.6. The SMILES string of the molecule is COC(=O)c1ccc(Nc2nn(C3CCCC3C#N)cc2C(N)=O)cc1B1OC(C)(C)C(C)(C)O1. The number of ether oxygens (including phenoxy) is 1. The number of carbonyl (C=O) groups is 2. The fourth-order valence-electron chi connectivity index (χ4n) is 4.48. The van der Waals surface area contributed by atoms with Gasteiger partial charge in [-0.05, 0) is 70.6 Å². The summed E-state index contributed by atoms with van der Waals surface area (Å²) < 4.78 is 18.9. The minimum absolute atomic E-state index is 0.115. The van der Waals surface area contributed by atoms with Crippen LogP contribution in [-0.4, -0.2) is 47.1 Å². The van der Waals surface area contributed by atoms with Gasteiger partial charge >= 0.3 is 13.1 Å². The summed E-state index contributed by atoms with van der Waals surface area (Å²) in [4.78, 5) is 24.6. The molecule has 11 heteroatoms. The number of methoxy groups -OCH3 is 1. The summed E-state index contributed by atoms with van der Waals surface area (Å²) in [6.45, 7) is 7.71. The van der Waals surface area contributed by atoms with E-state index in [1.807, 2.05) is 27.7 Å². The molecule has 35 heavy (non-hydrogen) atoms. The summed E-state index contributed by atoms with van der Waals surface area (Å²) in [7, 11) is 0.505. The monoisotopic (exact) mass is 479 g/mol. The van der Waals surface area contributed by atoms with Crippen LogP contribution in [0.15, 0.2) is 24.4 Å². The predicted molar refractivity (Wildman–Crippen MR) is 130 cm³/mol. The third-order valence-electron chi connectivity index (χ3n) is 7.21. The van der Waals surface area contributed by atoms with E-state index in [1.165, 1.54) is 7.11 Å². The van der Waals surface area contributed by atoms with Crippen LogP contribution in [0.25, 0.3) is 0 Å². The quantitative estimate of drug-likeness (QED) is 0.476. The first-order valence-electron chi connectivity index (χ1n) is 11.6. The molecule has 4 rings (SSSR count). The molecule has 2 fully saturated rings. The fraction of sp³-hybridized carbons (Fsp3) is 0.500. The molecule has 10 nitrogen and oxygen atoms in total. The predicted octanol–water partition coefficient (Wildman–Crippen LogP) is 2.68. The number of carbonyl (C=O) groups excluding carboxylic acids is 2. The molecular formula is C24H30BN5O5. The van der Waals surface area contributed by atoms with E-state index in [0.29, 0.717) is 16.7 Å². The third-order valence-corrected chi connectivity index (χ3v) is 7.21. The lowest BCUT2D eigenvalue weighted by atomic mass is 9.75. The van der Waals surface area contributed by atoms with Gasteiger partial charge in [-0.25, -0.2) is 4.79 Å². The van der Waals surface area contributed by atoms with E-state index >= 15 is 0 Å². The topological polar surface area (TPSA) is 141 Å². The first kappa shape index (κ1) is 24.8. The van der Waals surface area contributed by atoms with Crippen LogP contribution in [0, 0.1) is 17.2 Å². The van der Waals surface area contributed by atoms with Crippen LogP contribution in [-0.2, 0) is 14.0 Å². The van der Waals surface area contributed by atoms with Crippen molar-refractivity contribution in [2.45, 2.75) is 64.2 Å². The molecule has 0 radical (unpaired) electrons. The summed E-state index contributed by atoms with van der Waals surface area (Å²) >= 11 is 0. The van der Waals surface area contributed by atoms with Crippen molar-refractivity contribution in [2.24, 2.45) is 11.7 Å². The molecular weight excluding hydrogens is 449 g/mol. The molecule has 1 amide bonds. The van der Waals surface area contributed by atoms with Crippen LogP contribution in [0.2, 0.25) is 0 Å². The van der Waals surface area contributed by atoms with Crippen molar-refractivity contribution in [1.82, 2.24) is 9.78 Å². The Morgan fingerprint density at radius 3 is 2.51 bits per heavy atom. The Morgan fingerprint density at radius 2 is 1.91 bits per heavy atom. The zero-order valence-electron chi connectivity index (χ0n) is 20.6. The second-order valence-electron chi connectivity index (χ2n) is 9.98. The van der Waals surface area contributed by atoms with Crippen molar-refractivity contribution in [3.8, 4) is 6.07 Å². The van der Waals surface area contributed by atoms with Crippen molar-refractivity contribution in [2.75, 3.05) is 12.4 Å². The molecule has 2 aromatic rings. The minimum Gasteiger partial charge on any atom is -0.465 e. The zero-order chi connectivity index (χ0) is 25.5. The summed E-state index contributed by atoms with van der Waals surface area (Å²) in [6, 6.07) is 7.21. The van der Waals surface area contributed by atoms with Crippen molar-refractivity contribution in [3.63, 3.8) is 0 Å². The van der Waals surface area contributed by atoms with E-state index in [2.05, 4.69) is 16.5 Å². The number of nitrogens with one attached hydrogen (secondary N) is 1. The first-order valence-corrected chi connectivity index (χ1v) is 11.6. The molecule has 2 heterocycles. The molecule has 184 valence electrons. The summed E-state index contributed by atoms with van der Waals surface area (Å²) in [6.07, 6.45) is 4.10. The van der Waals surface area contributed by atoms with Crippen molar-refractivity contribution in [1.29, 1.82) is 5.26 Å². The first-order chi connectivity index (χ1) is 16.5. The summed E-state index contributed by atoms with van der Waals surface area (Å²) in [5, 5.41) is 17.2. The van der Waals surface area contributed by atoms with Gasteiger partial charge in [0.2, 0.25) is 0 Å². The fourth-order valence-corrected chi connectivity index (χ4v) is 4.48. The number of aromatic nitrogens is 2. The number of rotatable bonds is 6. The van der Waals surface area contributed by atoms with E-state index in [1.54, 1.807) is 29.1 Å². The molecule has 1 aliphatic heterocycles. The number of hydrogen-bond donors (Lipinski definition) is 2. The number of nitriles is 1. The molecule has 2 aliphatic rings. The number of hydrogen-bond acceptors (Lipinski definition) is 8. The Labute approximate surface area is 204 Å². The number of esters is 1. The van der Waals surface area contributed by atoms with Gasteiger partial charge in [-0.15, -0.1) is 0 Å². The van der Waals surface area contributed by atoms with Gasteiger partial charge in [0.15, 0.2) is 5.82 Å². The van der Waals surface area contributed by atoms with Crippen LogP contribution in [0.1, 0.15) is 73.7 Å². The van der Waals surface area contributed by atoms with Gasteiger partial charge in [-0.1, -0.05) is 0 Å². The van der Waals surface area contributed by atoms with Crippen LogP contribution in [0.4, 0.5) is 11.5 Å². The van der Waals surface area contributed by atoms with Crippen LogP contribution in [0.5, 0.6) is 0 Å². The standard InChI is InChI=1S/C24H30BN5O5/c1-23(2)24(3,4)35-25(34-23)18-11-15(9-10-16(18)22(32)33-5)28-21-17(20(27)31)13-30(29-21)19-8-6-7-14(19)12-26/h9-11,13-14,19H,6-8H2,1-5H3,(H2,27,31)(H,28,29). The maximum atomic E-state index is 12.5. The number of anilines is 2. The van der Waals surface area contributed by atoms with Gasteiger partial charge in [0, 0.05) is 11.9 Å². The number of primary amides is 1. The molecule has 2 unspecified atom stereocenters. The lowest BCUT2D eigenvalue weighted by Gasteiger charge is -2.32. The summed E-state index contributed by atoms with van der Waals surface area (Å²) in [5.41, 5.74) is 5.97. The Bertz CT molecular complexity index is 1190. The minimum atomic E-state index is -0.807. The number of nitrogens with zero attached hydrogens (tertiary/aromatic N) is 3. The second kappa shape index (κ2) is 9.02. The van der Waals surface area contributed by atoms with E-state index in [9.17, 15) is 14.9 Å². The smallest absolute Gasteiger partial charge is 0.465 e. The lowest BCUT2D eigenvalue weighted by molar-refractivity contribution is 0.00578. The average Bonchev–Trinajstić information content (AvgIpc) is 3.49. The maximum absolute atomic E-state index is 12.5. The summed E-state index contributed by atoms with van der Waals surface area (Å²) in [5.74, 6) is -1.06. The highest BCUT2D eigenvalue weighted by molar-refractivity contribution is 6.63. The van der Waals surface area contributed by atoms with Gasteiger partial charge in [-0.3, -0.25) is 9.48 Å². The van der Waals surface area contributed by atoms with Gasteiger partial charge in [0.1, 0.15) is 5.56 Å². The van der Waals surface area contributed by atoms with E-state index in [0.717, 1.165) is 19.3 Å². The highest BCUT2D eigenvalue weighted by Crippen LogP contribution is 2.38. The second-order valence-corrected chi connectivity index (χ2v) is 9.98. The van der Waals surface area contributed by atoms with E-state index in [4.69, 9.17) is 19.8 Å². The van der Waals surface area contributed by atoms with E-state index in [-0.39, 0.29) is 23.3 Å². The Balaban J connectivity index is 1.70. The van der Waals surface area contributed by atoms with Crippen molar-refractivity contribution in [3.05, 3.63) is 35.5 Å². The molecule has 1 aromatic heterocycles. The number of benzene rings is 1.